The first-order valence-electron chi connectivity index (χ1n) is 11.3. The summed E-state index contributed by atoms with van der Waals surface area (Å²) in [4.78, 5) is 13.1. The van der Waals surface area contributed by atoms with E-state index >= 15 is 0 Å². The molecule has 2 aromatic carbocycles. The monoisotopic (exact) mass is 479 g/mol. The zero-order chi connectivity index (χ0) is 24.3. The van der Waals surface area contributed by atoms with Gasteiger partial charge < -0.3 is 9.84 Å². The third kappa shape index (κ3) is 5.13. The number of aromatic nitrogens is 1. The summed E-state index contributed by atoms with van der Waals surface area (Å²) in [5.41, 5.74) is 3.99. The molecule has 8 heteroatoms. The predicted octanol–water partition coefficient (Wildman–Crippen LogP) is 4.81. The molecule has 1 N–H and O–H groups in total. The van der Waals surface area contributed by atoms with E-state index in [-0.39, 0.29) is 23.1 Å². The third-order valence-corrected chi connectivity index (χ3v) is 8.09. The lowest BCUT2D eigenvalue weighted by atomic mass is 9.98. The molecule has 1 fully saturated rings. The van der Waals surface area contributed by atoms with Gasteiger partial charge in [-0.1, -0.05) is 53.7 Å². The molecule has 1 aliphatic rings. The molecule has 1 saturated heterocycles. The van der Waals surface area contributed by atoms with Crippen molar-refractivity contribution in [3.63, 3.8) is 0 Å². The Balaban J connectivity index is 1.54. The van der Waals surface area contributed by atoms with Gasteiger partial charge in [0.05, 0.1) is 5.92 Å². The minimum absolute atomic E-state index is 0.0512. The first-order valence-corrected chi connectivity index (χ1v) is 12.8. The molecule has 0 spiro atoms. The van der Waals surface area contributed by atoms with Crippen molar-refractivity contribution in [1.29, 1.82) is 0 Å². The van der Waals surface area contributed by atoms with E-state index in [1.807, 2.05) is 62.4 Å². The number of anilines is 1. The van der Waals surface area contributed by atoms with Gasteiger partial charge in [0.2, 0.25) is 15.9 Å². The fourth-order valence-electron chi connectivity index (χ4n) is 4.14. The molecule has 1 unspecified atom stereocenters. The van der Waals surface area contributed by atoms with E-state index in [1.165, 1.54) is 4.31 Å². The second-order valence-electron chi connectivity index (χ2n) is 8.72. The Bertz CT molecular complexity index is 1310. The molecule has 7 nitrogen and oxygen atoms in total. The van der Waals surface area contributed by atoms with Gasteiger partial charge in [0.25, 0.3) is 0 Å². The SMILES string of the molecule is Cc1ccc(C)c(NC(=O)C2CCCN(S(=O)(=O)c3c(C)noc3/C=C/c3ccccc3)C2)c1. The minimum Gasteiger partial charge on any atom is -0.355 e. The molecule has 0 aliphatic carbocycles. The Morgan fingerprint density at radius 3 is 2.65 bits per heavy atom. The Morgan fingerprint density at radius 1 is 1.12 bits per heavy atom. The van der Waals surface area contributed by atoms with Crippen LogP contribution in [0.3, 0.4) is 0 Å². The lowest BCUT2D eigenvalue weighted by Crippen LogP contribution is -2.44. The van der Waals surface area contributed by atoms with E-state index in [9.17, 15) is 13.2 Å². The molecule has 3 aromatic rings. The molecule has 1 aromatic heterocycles. The van der Waals surface area contributed by atoms with Crippen LogP contribution in [0.25, 0.3) is 12.2 Å². The number of carbonyl (C=O) groups excluding carboxylic acids is 1. The summed E-state index contributed by atoms with van der Waals surface area (Å²) in [7, 11) is -3.89. The lowest BCUT2D eigenvalue weighted by Gasteiger charge is -2.31. The summed E-state index contributed by atoms with van der Waals surface area (Å²) in [6.45, 7) is 5.99. The van der Waals surface area contributed by atoms with Crippen LogP contribution in [0.15, 0.2) is 57.9 Å². The van der Waals surface area contributed by atoms with Crippen LogP contribution < -0.4 is 5.32 Å². The van der Waals surface area contributed by atoms with Gasteiger partial charge in [-0.15, -0.1) is 0 Å². The zero-order valence-corrected chi connectivity index (χ0v) is 20.4. The number of hydrogen-bond acceptors (Lipinski definition) is 5. The number of sulfonamides is 1. The number of amides is 1. The molecule has 1 atom stereocenters. The Kier molecular flexibility index (Phi) is 7.00. The molecule has 1 amide bonds. The molecule has 4 rings (SSSR count). The molecule has 2 heterocycles. The Morgan fingerprint density at radius 2 is 1.88 bits per heavy atom. The number of hydrogen-bond donors (Lipinski definition) is 1. The molecule has 0 saturated carbocycles. The maximum Gasteiger partial charge on any atom is 0.248 e. The lowest BCUT2D eigenvalue weighted by molar-refractivity contribution is -0.120. The number of aryl methyl sites for hydroxylation is 3. The van der Waals surface area contributed by atoms with Gasteiger partial charge in [-0.25, -0.2) is 8.42 Å². The van der Waals surface area contributed by atoms with E-state index in [0.29, 0.717) is 25.1 Å². The van der Waals surface area contributed by atoms with Crippen LogP contribution in [0.1, 0.15) is 41.0 Å². The van der Waals surface area contributed by atoms with Crippen LogP contribution >= 0.6 is 0 Å². The second kappa shape index (κ2) is 9.95. The van der Waals surface area contributed by atoms with Gasteiger partial charge in [-0.05, 0) is 62.4 Å². The highest BCUT2D eigenvalue weighted by molar-refractivity contribution is 7.89. The van der Waals surface area contributed by atoms with Crippen molar-refractivity contribution in [1.82, 2.24) is 9.46 Å². The molecule has 0 radical (unpaired) electrons. The van der Waals surface area contributed by atoms with E-state index < -0.39 is 15.9 Å². The molecular formula is C26H29N3O4S. The first-order chi connectivity index (χ1) is 16.3. The van der Waals surface area contributed by atoms with Crippen LogP contribution in [0.2, 0.25) is 0 Å². The maximum absolute atomic E-state index is 13.6. The Labute approximate surface area is 200 Å². The third-order valence-electron chi connectivity index (χ3n) is 6.06. The van der Waals surface area contributed by atoms with Gasteiger partial charge in [0.1, 0.15) is 5.69 Å². The molecular weight excluding hydrogens is 450 g/mol. The summed E-state index contributed by atoms with van der Waals surface area (Å²) >= 11 is 0. The van der Waals surface area contributed by atoms with Crippen molar-refractivity contribution < 1.29 is 17.7 Å². The Hall–Kier alpha value is -3.23. The van der Waals surface area contributed by atoms with Crippen molar-refractivity contribution in [2.24, 2.45) is 5.92 Å². The number of rotatable bonds is 6. The van der Waals surface area contributed by atoms with Gasteiger partial charge in [0.15, 0.2) is 10.7 Å². The van der Waals surface area contributed by atoms with Gasteiger partial charge >= 0.3 is 0 Å². The topological polar surface area (TPSA) is 92.5 Å². The summed E-state index contributed by atoms with van der Waals surface area (Å²) in [5, 5.41) is 6.89. The van der Waals surface area contributed by atoms with Gasteiger partial charge in [-0.2, -0.15) is 4.31 Å². The molecule has 1 aliphatic heterocycles. The van der Waals surface area contributed by atoms with Crippen LogP contribution in [0.5, 0.6) is 0 Å². The highest BCUT2D eigenvalue weighted by Gasteiger charge is 2.37. The minimum atomic E-state index is -3.89. The van der Waals surface area contributed by atoms with Crippen molar-refractivity contribution in [3.05, 3.63) is 76.7 Å². The van der Waals surface area contributed by atoms with Crippen LogP contribution in [-0.2, 0) is 14.8 Å². The molecule has 34 heavy (non-hydrogen) atoms. The van der Waals surface area contributed by atoms with Gasteiger partial charge in [-0.3, -0.25) is 4.79 Å². The van der Waals surface area contributed by atoms with Crippen molar-refractivity contribution in [2.45, 2.75) is 38.5 Å². The fourth-order valence-corrected chi connectivity index (χ4v) is 5.92. The van der Waals surface area contributed by atoms with Crippen molar-refractivity contribution >= 4 is 33.8 Å². The van der Waals surface area contributed by atoms with Crippen molar-refractivity contribution in [2.75, 3.05) is 18.4 Å². The number of nitrogens with one attached hydrogen (secondary N) is 1. The predicted molar refractivity (Wildman–Crippen MR) is 133 cm³/mol. The fraction of sp³-hybridized carbons (Fsp3) is 0.308. The highest BCUT2D eigenvalue weighted by Crippen LogP contribution is 2.30. The summed E-state index contributed by atoms with van der Waals surface area (Å²) in [5.74, 6) is -0.421. The summed E-state index contributed by atoms with van der Waals surface area (Å²) in [6, 6.07) is 15.4. The second-order valence-corrected chi connectivity index (χ2v) is 10.6. The van der Waals surface area contributed by atoms with E-state index in [4.69, 9.17) is 4.52 Å². The quantitative estimate of drug-likeness (QED) is 0.548. The first kappa shape index (κ1) is 23.9. The average Bonchev–Trinajstić information content (AvgIpc) is 3.22. The van der Waals surface area contributed by atoms with Crippen LogP contribution in [0.4, 0.5) is 5.69 Å². The highest BCUT2D eigenvalue weighted by atomic mass is 32.2. The number of nitrogens with zero attached hydrogens (tertiary/aromatic N) is 2. The van der Waals surface area contributed by atoms with E-state index in [0.717, 1.165) is 22.4 Å². The largest absolute Gasteiger partial charge is 0.355 e. The molecule has 0 bridgehead atoms. The van der Waals surface area contributed by atoms with Crippen molar-refractivity contribution in [3.8, 4) is 0 Å². The van der Waals surface area contributed by atoms with E-state index in [1.54, 1.807) is 19.1 Å². The summed E-state index contributed by atoms with van der Waals surface area (Å²) < 4.78 is 33.9. The normalized spacial score (nSPS) is 17.2. The van der Waals surface area contributed by atoms with Crippen LogP contribution in [0, 0.1) is 26.7 Å². The zero-order valence-electron chi connectivity index (χ0n) is 19.6. The standard InChI is InChI=1S/C26H29N3O4S/c1-18-11-12-19(2)23(16-18)27-26(30)22-10-7-15-29(17-22)34(31,32)25-20(3)28-33-24(25)14-13-21-8-5-4-6-9-21/h4-6,8-9,11-14,16,22H,7,10,15,17H2,1-3H3,(H,27,30)/b14-13+. The van der Waals surface area contributed by atoms with Crippen LogP contribution in [-0.4, -0.2) is 36.9 Å². The maximum atomic E-state index is 13.6. The number of piperidine rings is 1. The van der Waals surface area contributed by atoms with Gasteiger partial charge in [0, 0.05) is 18.8 Å². The summed E-state index contributed by atoms with van der Waals surface area (Å²) in [6.07, 6.45) is 4.64. The molecule has 178 valence electrons. The number of carbonyl (C=O) groups is 1. The number of benzene rings is 2. The smallest absolute Gasteiger partial charge is 0.248 e. The van der Waals surface area contributed by atoms with E-state index in [2.05, 4.69) is 10.5 Å². The average molecular weight is 480 g/mol.